The van der Waals surface area contributed by atoms with Crippen LogP contribution in [0.2, 0.25) is 0 Å². The van der Waals surface area contributed by atoms with Crippen LogP contribution in [0.3, 0.4) is 0 Å². The van der Waals surface area contributed by atoms with E-state index in [4.69, 9.17) is 5.11 Å². The second kappa shape index (κ2) is 6.79. The summed E-state index contributed by atoms with van der Waals surface area (Å²) in [5.74, 6) is 0. The number of carbonyl (C=O) groups is 1. The number of alkyl halides is 3. The standard InChI is InChI=1S/C10H18F3N3O2/c11-10(12,13)7-16-4-2-8(6-16)15-9(18)14-3-1-5-17/h8,17H,1-7H2,(H2,14,15,18). The summed E-state index contributed by atoms with van der Waals surface area (Å²) in [7, 11) is 0. The molecular formula is C10H18F3N3O2. The van der Waals surface area contributed by atoms with E-state index in [1.54, 1.807) is 0 Å². The SMILES string of the molecule is O=C(NCCCO)NC1CCN(CC(F)(F)F)C1. The monoisotopic (exact) mass is 269 g/mol. The number of amides is 2. The van der Waals surface area contributed by atoms with E-state index in [1.807, 2.05) is 0 Å². The third-order valence-electron chi connectivity index (χ3n) is 2.63. The van der Waals surface area contributed by atoms with E-state index >= 15 is 0 Å². The highest BCUT2D eigenvalue weighted by atomic mass is 19.4. The van der Waals surface area contributed by atoms with Crippen molar-refractivity contribution in [2.24, 2.45) is 0 Å². The van der Waals surface area contributed by atoms with Gasteiger partial charge in [-0.3, -0.25) is 4.90 Å². The normalized spacial score (nSPS) is 21.0. The van der Waals surface area contributed by atoms with Gasteiger partial charge >= 0.3 is 12.2 Å². The fourth-order valence-electron chi connectivity index (χ4n) is 1.87. The van der Waals surface area contributed by atoms with Crippen LogP contribution < -0.4 is 10.6 Å². The van der Waals surface area contributed by atoms with Gasteiger partial charge in [0.1, 0.15) is 0 Å². The molecule has 1 fully saturated rings. The molecule has 1 aliphatic rings. The molecule has 0 aromatic rings. The highest BCUT2D eigenvalue weighted by Crippen LogP contribution is 2.19. The van der Waals surface area contributed by atoms with E-state index in [9.17, 15) is 18.0 Å². The number of hydrogen-bond donors (Lipinski definition) is 3. The van der Waals surface area contributed by atoms with Crippen molar-refractivity contribution in [2.45, 2.75) is 25.1 Å². The maximum atomic E-state index is 12.1. The fourth-order valence-corrected chi connectivity index (χ4v) is 1.87. The van der Waals surface area contributed by atoms with Gasteiger partial charge in [-0.15, -0.1) is 0 Å². The molecule has 0 radical (unpaired) electrons. The van der Waals surface area contributed by atoms with E-state index < -0.39 is 18.8 Å². The van der Waals surface area contributed by atoms with Crippen molar-refractivity contribution in [1.29, 1.82) is 0 Å². The molecule has 18 heavy (non-hydrogen) atoms. The van der Waals surface area contributed by atoms with E-state index in [0.717, 1.165) is 0 Å². The Labute approximate surface area is 103 Å². The van der Waals surface area contributed by atoms with Crippen LogP contribution in [0.15, 0.2) is 0 Å². The van der Waals surface area contributed by atoms with Gasteiger partial charge in [-0.1, -0.05) is 0 Å². The average Bonchev–Trinajstić information content (AvgIpc) is 2.63. The molecular weight excluding hydrogens is 251 g/mol. The summed E-state index contributed by atoms with van der Waals surface area (Å²) >= 11 is 0. The molecule has 2 amide bonds. The summed E-state index contributed by atoms with van der Waals surface area (Å²) in [6.07, 6.45) is -3.22. The quantitative estimate of drug-likeness (QED) is 0.629. The summed E-state index contributed by atoms with van der Waals surface area (Å²) in [4.78, 5) is 12.6. The van der Waals surface area contributed by atoms with Crippen molar-refractivity contribution in [3.63, 3.8) is 0 Å². The van der Waals surface area contributed by atoms with Gasteiger partial charge in [0, 0.05) is 32.3 Å². The molecule has 8 heteroatoms. The minimum absolute atomic E-state index is 0.0108. The molecule has 5 nitrogen and oxygen atoms in total. The number of halogens is 3. The van der Waals surface area contributed by atoms with Crippen LogP contribution in [0.4, 0.5) is 18.0 Å². The lowest BCUT2D eigenvalue weighted by Gasteiger charge is -2.18. The topological polar surface area (TPSA) is 64.6 Å². The number of urea groups is 1. The molecule has 0 saturated carbocycles. The number of nitrogens with one attached hydrogen (secondary N) is 2. The Morgan fingerprint density at radius 1 is 1.44 bits per heavy atom. The van der Waals surface area contributed by atoms with Crippen LogP contribution in [0.25, 0.3) is 0 Å². The predicted molar refractivity (Wildman–Crippen MR) is 59.1 cm³/mol. The lowest BCUT2D eigenvalue weighted by molar-refractivity contribution is -0.143. The number of rotatable bonds is 5. The van der Waals surface area contributed by atoms with Gasteiger partial charge in [0.05, 0.1) is 6.54 Å². The molecule has 1 aliphatic heterocycles. The first-order valence-electron chi connectivity index (χ1n) is 5.85. The van der Waals surface area contributed by atoms with Gasteiger partial charge in [-0.05, 0) is 12.8 Å². The van der Waals surface area contributed by atoms with Gasteiger partial charge in [0.2, 0.25) is 0 Å². The number of likely N-dealkylation sites (tertiary alicyclic amines) is 1. The first kappa shape index (κ1) is 15.0. The molecule has 1 atom stereocenters. The van der Waals surface area contributed by atoms with Crippen molar-refractivity contribution in [3.05, 3.63) is 0 Å². The Morgan fingerprint density at radius 2 is 2.17 bits per heavy atom. The molecule has 0 aromatic heterocycles. The van der Waals surface area contributed by atoms with Crippen molar-refractivity contribution in [2.75, 3.05) is 32.8 Å². The summed E-state index contributed by atoms with van der Waals surface area (Å²) in [5.41, 5.74) is 0. The number of hydrogen-bond acceptors (Lipinski definition) is 3. The largest absolute Gasteiger partial charge is 0.401 e. The van der Waals surface area contributed by atoms with Crippen LogP contribution in [-0.2, 0) is 0 Å². The average molecular weight is 269 g/mol. The molecule has 0 aromatic carbocycles. The van der Waals surface area contributed by atoms with Crippen LogP contribution in [0, 0.1) is 0 Å². The van der Waals surface area contributed by atoms with Crippen molar-refractivity contribution in [1.82, 2.24) is 15.5 Å². The summed E-state index contributed by atoms with van der Waals surface area (Å²) in [6, 6.07) is -0.649. The molecule has 0 spiro atoms. The van der Waals surface area contributed by atoms with E-state index in [-0.39, 0.29) is 19.2 Å². The number of aliphatic hydroxyl groups is 1. The maximum absolute atomic E-state index is 12.1. The Bertz CT molecular complexity index is 274. The smallest absolute Gasteiger partial charge is 0.396 e. The Kier molecular flexibility index (Phi) is 5.67. The van der Waals surface area contributed by atoms with Crippen molar-refractivity contribution in [3.8, 4) is 0 Å². The zero-order valence-corrected chi connectivity index (χ0v) is 9.96. The highest BCUT2D eigenvalue weighted by Gasteiger charge is 2.34. The van der Waals surface area contributed by atoms with Gasteiger partial charge in [-0.2, -0.15) is 13.2 Å². The molecule has 106 valence electrons. The molecule has 0 aliphatic carbocycles. The lowest BCUT2D eigenvalue weighted by atomic mass is 10.3. The van der Waals surface area contributed by atoms with Crippen LogP contribution in [0.1, 0.15) is 12.8 Å². The third-order valence-corrected chi connectivity index (χ3v) is 2.63. The number of carbonyl (C=O) groups excluding carboxylic acids is 1. The minimum atomic E-state index is -4.20. The van der Waals surface area contributed by atoms with Gasteiger partial charge in [-0.25, -0.2) is 4.79 Å². The Morgan fingerprint density at radius 3 is 2.78 bits per heavy atom. The Hall–Kier alpha value is -1.02. The van der Waals surface area contributed by atoms with E-state index in [2.05, 4.69) is 10.6 Å². The van der Waals surface area contributed by atoms with Gasteiger partial charge < -0.3 is 15.7 Å². The second-order valence-electron chi connectivity index (χ2n) is 4.31. The van der Waals surface area contributed by atoms with Crippen LogP contribution in [0.5, 0.6) is 0 Å². The third kappa shape index (κ3) is 6.06. The minimum Gasteiger partial charge on any atom is -0.396 e. The van der Waals surface area contributed by atoms with E-state index in [1.165, 1.54) is 4.90 Å². The second-order valence-corrected chi connectivity index (χ2v) is 4.31. The van der Waals surface area contributed by atoms with E-state index in [0.29, 0.717) is 25.9 Å². The zero-order valence-electron chi connectivity index (χ0n) is 9.96. The van der Waals surface area contributed by atoms with Crippen LogP contribution in [-0.4, -0.2) is 61.0 Å². The summed E-state index contributed by atoms with van der Waals surface area (Å²) in [5, 5.41) is 13.7. The molecule has 3 N–H and O–H groups in total. The summed E-state index contributed by atoms with van der Waals surface area (Å²) in [6.45, 7) is -0.0459. The molecule has 1 heterocycles. The number of nitrogens with zero attached hydrogens (tertiary/aromatic N) is 1. The molecule has 1 saturated heterocycles. The Balaban J connectivity index is 2.19. The summed E-state index contributed by atoms with van der Waals surface area (Å²) < 4.78 is 36.4. The fraction of sp³-hybridized carbons (Fsp3) is 0.900. The molecule has 0 bridgehead atoms. The zero-order chi connectivity index (χ0) is 13.6. The first-order valence-corrected chi connectivity index (χ1v) is 5.85. The van der Waals surface area contributed by atoms with Gasteiger partial charge in [0.25, 0.3) is 0 Å². The molecule has 1 rings (SSSR count). The van der Waals surface area contributed by atoms with Crippen molar-refractivity contribution >= 4 is 6.03 Å². The lowest BCUT2D eigenvalue weighted by Crippen LogP contribution is -2.44. The van der Waals surface area contributed by atoms with Gasteiger partial charge in [0.15, 0.2) is 0 Å². The highest BCUT2D eigenvalue weighted by molar-refractivity contribution is 5.74. The predicted octanol–water partition coefficient (Wildman–Crippen LogP) is 0.305. The maximum Gasteiger partial charge on any atom is 0.401 e. The first-order chi connectivity index (χ1) is 8.40. The van der Waals surface area contributed by atoms with Crippen LogP contribution >= 0.6 is 0 Å². The van der Waals surface area contributed by atoms with Crippen molar-refractivity contribution < 1.29 is 23.1 Å². The number of aliphatic hydroxyl groups excluding tert-OH is 1. The molecule has 1 unspecified atom stereocenters.